The second kappa shape index (κ2) is 4.17. The molecule has 2 saturated carbocycles. The van der Waals surface area contributed by atoms with E-state index < -0.39 is 0 Å². The molecule has 90 valence electrons. The second-order valence-corrected chi connectivity index (χ2v) is 5.44. The lowest BCUT2D eigenvalue weighted by Crippen LogP contribution is -2.16. The largest absolute Gasteiger partial charge is 0.326 e. The van der Waals surface area contributed by atoms with Crippen LogP contribution in [-0.2, 0) is 4.79 Å². The molecule has 0 unspecified atom stereocenters. The molecule has 1 aromatic rings. The van der Waals surface area contributed by atoms with E-state index in [-0.39, 0.29) is 5.91 Å². The fourth-order valence-electron chi connectivity index (χ4n) is 3.31. The van der Waals surface area contributed by atoms with Gasteiger partial charge in [-0.2, -0.15) is 0 Å². The first-order chi connectivity index (χ1) is 8.27. The molecule has 0 aliphatic heterocycles. The molecular weight excluding hydrogens is 210 g/mol. The summed E-state index contributed by atoms with van der Waals surface area (Å²) in [7, 11) is 0. The number of rotatable bonds is 2. The van der Waals surface area contributed by atoms with E-state index in [0.717, 1.165) is 11.3 Å². The molecule has 1 N–H and O–H groups in total. The molecular formula is C15H19NO. The van der Waals surface area contributed by atoms with Gasteiger partial charge in [0.1, 0.15) is 0 Å². The normalized spacial score (nSPS) is 30.5. The predicted octanol–water partition coefficient (Wildman–Crippen LogP) is 3.37. The van der Waals surface area contributed by atoms with Crippen LogP contribution in [0.3, 0.4) is 0 Å². The third-order valence-corrected chi connectivity index (χ3v) is 4.36. The minimum absolute atomic E-state index is 0.246. The summed E-state index contributed by atoms with van der Waals surface area (Å²) >= 11 is 0. The first-order valence-electron chi connectivity index (χ1n) is 6.64. The Morgan fingerprint density at radius 3 is 2.47 bits per heavy atom. The molecule has 0 saturated heterocycles. The third-order valence-electron chi connectivity index (χ3n) is 4.36. The van der Waals surface area contributed by atoms with Gasteiger partial charge in [0.2, 0.25) is 5.91 Å². The Hall–Kier alpha value is -1.31. The Labute approximate surface area is 102 Å². The fraction of sp³-hybridized carbons (Fsp3) is 0.533. The van der Waals surface area contributed by atoms with Crippen molar-refractivity contribution >= 4 is 11.6 Å². The van der Waals surface area contributed by atoms with Crippen LogP contribution in [0.1, 0.15) is 31.2 Å². The maximum atomic E-state index is 12.2. The number of nitrogens with one attached hydrogen (secondary N) is 1. The standard InChI is InChI=1S/C15H19NO/c1-10-6-2-5-9-13(10)16-15(17)14-11-7-3-4-8-12(11)14/h2,5-6,9,11-12,14H,3-4,7-8H2,1H3,(H,16,17)/t11-,12-/m1/s1. The zero-order valence-corrected chi connectivity index (χ0v) is 10.3. The summed E-state index contributed by atoms with van der Waals surface area (Å²) in [6, 6.07) is 8.00. The zero-order valence-electron chi connectivity index (χ0n) is 10.3. The van der Waals surface area contributed by atoms with Crippen molar-refractivity contribution in [3.8, 4) is 0 Å². The number of anilines is 1. The second-order valence-electron chi connectivity index (χ2n) is 5.44. The van der Waals surface area contributed by atoms with E-state index in [9.17, 15) is 4.79 Å². The van der Waals surface area contributed by atoms with Gasteiger partial charge in [0.15, 0.2) is 0 Å². The lowest BCUT2D eigenvalue weighted by Gasteiger charge is -2.07. The number of carbonyl (C=O) groups is 1. The molecule has 2 heteroatoms. The number of carbonyl (C=O) groups excluding carboxylic acids is 1. The van der Waals surface area contributed by atoms with Crippen molar-refractivity contribution in [3.05, 3.63) is 29.8 Å². The fourth-order valence-corrected chi connectivity index (χ4v) is 3.31. The lowest BCUT2D eigenvalue weighted by molar-refractivity contribution is -0.117. The summed E-state index contributed by atoms with van der Waals surface area (Å²) in [5, 5.41) is 3.09. The van der Waals surface area contributed by atoms with Gasteiger partial charge in [0, 0.05) is 11.6 Å². The van der Waals surface area contributed by atoms with E-state index in [1.165, 1.54) is 25.7 Å². The summed E-state index contributed by atoms with van der Waals surface area (Å²) in [5.41, 5.74) is 2.12. The van der Waals surface area contributed by atoms with Crippen molar-refractivity contribution < 1.29 is 4.79 Å². The summed E-state index contributed by atoms with van der Waals surface area (Å²) in [6.45, 7) is 2.04. The van der Waals surface area contributed by atoms with Crippen molar-refractivity contribution in [2.75, 3.05) is 5.32 Å². The molecule has 2 nitrogen and oxygen atoms in total. The van der Waals surface area contributed by atoms with Crippen LogP contribution in [0.15, 0.2) is 24.3 Å². The molecule has 0 aromatic heterocycles. The van der Waals surface area contributed by atoms with Crippen molar-refractivity contribution in [2.24, 2.45) is 17.8 Å². The van der Waals surface area contributed by atoms with Crippen LogP contribution in [-0.4, -0.2) is 5.91 Å². The van der Waals surface area contributed by atoms with Crippen molar-refractivity contribution in [2.45, 2.75) is 32.6 Å². The van der Waals surface area contributed by atoms with Gasteiger partial charge in [0.25, 0.3) is 0 Å². The molecule has 1 amide bonds. The van der Waals surface area contributed by atoms with Gasteiger partial charge in [-0.25, -0.2) is 0 Å². The molecule has 2 atom stereocenters. The Morgan fingerprint density at radius 2 is 1.82 bits per heavy atom. The van der Waals surface area contributed by atoms with Crippen molar-refractivity contribution in [1.29, 1.82) is 0 Å². The predicted molar refractivity (Wildman–Crippen MR) is 68.7 cm³/mol. The lowest BCUT2D eigenvalue weighted by atomic mass is 10.0. The van der Waals surface area contributed by atoms with Gasteiger partial charge in [0.05, 0.1) is 0 Å². The Morgan fingerprint density at radius 1 is 1.18 bits per heavy atom. The van der Waals surface area contributed by atoms with E-state index in [4.69, 9.17) is 0 Å². The first kappa shape index (κ1) is 10.8. The van der Waals surface area contributed by atoms with E-state index in [1.807, 2.05) is 31.2 Å². The zero-order chi connectivity index (χ0) is 11.8. The first-order valence-corrected chi connectivity index (χ1v) is 6.64. The monoisotopic (exact) mass is 229 g/mol. The number of fused-ring (bicyclic) bond motifs is 1. The quantitative estimate of drug-likeness (QED) is 0.827. The van der Waals surface area contributed by atoms with E-state index in [2.05, 4.69) is 5.32 Å². The van der Waals surface area contributed by atoms with E-state index in [0.29, 0.717) is 17.8 Å². The molecule has 3 rings (SSSR count). The number of benzene rings is 1. The van der Waals surface area contributed by atoms with Gasteiger partial charge < -0.3 is 5.32 Å². The van der Waals surface area contributed by atoms with E-state index >= 15 is 0 Å². The SMILES string of the molecule is Cc1ccccc1NC(=O)C1[C@@H]2CCCC[C@@H]12. The van der Waals surface area contributed by atoms with Gasteiger partial charge in [-0.15, -0.1) is 0 Å². The molecule has 2 fully saturated rings. The number of amides is 1. The topological polar surface area (TPSA) is 29.1 Å². The van der Waals surface area contributed by atoms with Crippen LogP contribution in [0.2, 0.25) is 0 Å². The molecule has 2 aliphatic carbocycles. The highest BCUT2D eigenvalue weighted by Gasteiger charge is 2.54. The van der Waals surface area contributed by atoms with Crippen LogP contribution in [0.5, 0.6) is 0 Å². The summed E-state index contributed by atoms with van der Waals surface area (Å²) in [5.74, 6) is 1.92. The molecule has 0 radical (unpaired) electrons. The van der Waals surface area contributed by atoms with E-state index in [1.54, 1.807) is 0 Å². The van der Waals surface area contributed by atoms with Crippen LogP contribution in [0, 0.1) is 24.7 Å². The number of para-hydroxylation sites is 1. The maximum Gasteiger partial charge on any atom is 0.228 e. The highest BCUT2D eigenvalue weighted by Crippen LogP contribution is 2.55. The van der Waals surface area contributed by atoms with Crippen molar-refractivity contribution in [1.82, 2.24) is 0 Å². The van der Waals surface area contributed by atoms with Crippen LogP contribution >= 0.6 is 0 Å². The highest BCUT2D eigenvalue weighted by atomic mass is 16.2. The van der Waals surface area contributed by atoms with Crippen LogP contribution in [0.4, 0.5) is 5.69 Å². The molecule has 1 aromatic carbocycles. The average molecular weight is 229 g/mol. The minimum atomic E-state index is 0.246. The molecule has 0 spiro atoms. The van der Waals surface area contributed by atoms with Gasteiger partial charge in [-0.3, -0.25) is 4.79 Å². The third kappa shape index (κ3) is 1.97. The van der Waals surface area contributed by atoms with Crippen LogP contribution in [0.25, 0.3) is 0 Å². The van der Waals surface area contributed by atoms with Gasteiger partial charge in [-0.05, 0) is 43.2 Å². The summed E-state index contributed by atoms with van der Waals surface area (Å²) in [4.78, 5) is 12.2. The summed E-state index contributed by atoms with van der Waals surface area (Å²) in [6.07, 6.45) is 5.15. The Kier molecular flexibility index (Phi) is 2.65. The smallest absolute Gasteiger partial charge is 0.228 e. The number of aryl methyl sites for hydroxylation is 1. The molecule has 17 heavy (non-hydrogen) atoms. The number of hydrogen-bond donors (Lipinski definition) is 1. The van der Waals surface area contributed by atoms with Crippen molar-refractivity contribution in [3.63, 3.8) is 0 Å². The molecule has 0 heterocycles. The Balaban J connectivity index is 1.67. The Bertz CT molecular complexity index is 428. The highest BCUT2D eigenvalue weighted by molar-refractivity contribution is 5.95. The molecule has 0 bridgehead atoms. The minimum Gasteiger partial charge on any atom is -0.326 e. The average Bonchev–Trinajstić information content (AvgIpc) is 3.06. The van der Waals surface area contributed by atoms with Gasteiger partial charge >= 0.3 is 0 Å². The number of hydrogen-bond acceptors (Lipinski definition) is 1. The van der Waals surface area contributed by atoms with Crippen LogP contribution < -0.4 is 5.32 Å². The molecule has 2 aliphatic rings. The van der Waals surface area contributed by atoms with Gasteiger partial charge in [-0.1, -0.05) is 31.0 Å². The summed E-state index contributed by atoms with van der Waals surface area (Å²) < 4.78 is 0. The maximum absolute atomic E-state index is 12.2.